The van der Waals surface area contributed by atoms with Crippen molar-refractivity contribution in [2.45, 2.75) is 40.0 Å². The average Bonchev–Trinajstić information content (AvgIpc) is 1.95. The fourth-order valence-electron chi connectivity index (χ4n) is 1.70. The molecule has 13 heavy (non-hydrogen) atoms. The predicted molar refractivity (Wildman–Crippen MR) is 59.6 cm³/mol. The van der Waals surface area contributed by atoms with Crippen molar-refractivity contribution in [3.05, 3.63) is 33.8 Å². The molecule has 72 valence electrons. The summed E-state index contributed by atoms with van der Waals surface area (Å²) in [5.74, 6) is 0. The number of aryl methyl sites for hydroxylation is 1. The molecule has 0 saturated carbocycles. The molecule has 0 aliphatic rings. The number of hydrogen-bond acceptors (Lipinski definition) is 0. The van der Waals surface area contributed by atoms with E-state index >= 15 is 0 Å². The highest BCUT2D eigenvalue weighted by Gasteiger charge is 2.20. The zero-order chi connectivity index (χ0) is 10.2. The lowest BCUT2D eigenvalue weighted by Gasteiger charge is -2.24. The van der Waals surface area contributed by atoms with Crippen molar-refractivity contribution in [2.75, 3.05) is 0 Å². The van der Waals surface area contributed by atoms with Gasteiger partial charge < -0.3 is 0 Å². The van der Waals surface area contributed by atoms with Crippen molar-refractivity contribution in [2.24, 2.45) is 0 Å². The van der Waals surface area contributed by atoms with Crippen LogP contribution in [-0.4, -0.2) is 0 Å². The fourth-order valence-corrected chi connectivity index (χ4v) is 2.19. The summed E-state index contributed by atoms with van der Waals surface area (Å²) in [6.45, 7) is 10.9. The highest BCUT2D eigenvalue weighted by molar-refractivity contribution is 6.31. The van der Waals surface area contributed by atoms with Gasteiger partial charge in [-0.25, -0.2) is 0 Å². The normalized spacial score (nSPS) is 11.8. The van der Waals surface area contributed by atoms with Gasteiger partial charge in [0.25, 0.3) is 0 Å². The predicted octanol–water partition coefficient (Wildman–Crippen LogP) is 4.25. The number of benzene rings is 1. The maximum Gasteiger partial charge on any atom is 0.0446 e. The van der Waals surface area contributed by atoms with Crippen LogP contribution < -0.4 is 0 Å². The smallest absolute Gasteiger partial charge is 0.0446 e. The van der Waals surface area contributed by atoms with Gasteiger partial charge >= 0.3 is 0 Å². The minimum atomic E-state index is 0.132. The molecule has 0 heterocycles. The second-order valence-electron chi connectivity index (χ2n) is 4.61. The molecule has 0 atom stereocenters. The quantitative estimate of drug-likeness (QED) is 0.582. The highest BCUT2D eigenvalue weighted by Crippen LogP contribution is 2.33. The largest absolute Gasteiger partial charge is 0.0840 e. The Balaban J connectivity index is 3.43. The van der Waals surface area contributed by atoms with E-state index in [4.69, 9.17) is 11.6 Å². The van der Waals surface area contributed by atoms with Crippen molar-refractivity contribution >= 4 is 11.6 Å². The molecule has 0 fully saturated rings. The summed E-state index contributed by atoms with van der Waals surface area (Å²) < 4.78 is 0. The Bertz CT molecular complexity index is 319. The van der Waals surface area contributed by atoms with Crippen LogP contribution in [0.2, 0.25) is 5.02 Å². The van der Waals surface area contributed by atoms with E-state index in [0.29, 0.717) is 0 Å². The maximum absolute atomic E-state index is 6.19. The first-order valence-electron chi connectivity index (χ1n) is 4.60. The van der Waals surface area contributed by atoms with Gasteiger partial charge in [-0.15, -0.1) is 0 Å². The van der Waals surface area contributed by atoms with Crippen LogP contribution in [0.1, 0.15) is 37.5 Å². The lowest BCUT2D eigenvalue weighted by molar-refractivity contribution is 0.585. The molecule has 0 aliphatic carbocycles. The molecule has 0 aliphatic heterocycles. The van der Waals surface area contributed by atoms with Gasteiger partial charge in [-0.3, -0.25) is 0 Å². The van der Waals surface area contributed by atoms with Crippen LogP contribution in [0.5, 0.6) is 0 Å². The minimum absolute atomic E-state index is 0.132. The molecule has 1 aromatic rings. The molecule has 0 bridgehead atoms. The van der Waals surface area contributed by atoms with E-state index in [1.54, 1.807) is 0 Å². The second kappa shape index (κ2) is 3.34. The summed E-state index contributed by atoms with van der Waals surface area (Å²) in [7, 11) is 0. The Morgan fingerprint density at radius 1 is 1.08 bits per heavy atom. The molecule has 1 heteroatoms. The molecule has 0 radical (unpaired) electrons. The van der Waals surface area contributed by atoms with E-state index in [9.17, 15) is 0 Å². The van der Waals surface area contributed by atoms with E-state index in [0.717, 1.165) is 5.02 Å². The fraction of sp³-hybridized carbons (Fsp3) is 0.500. The van der Waals surface area contributed by atoms with Crippen LogP contribution >= 0.6 is 11.6 Å². The molecule has 0 unspecified atom stereocenters. The van der Waals surface area contributed by atoms with E-state index in [-0.39, 0.29) is 5.41 Å². The van der Waals surface area contributed by atoms with E-state index in [1.807, 2.05) is 6.07 Å². The summed E-state index contributed by atoms with van der Waals surface area (Å²) in [5, 5.41) is 0.885. The van der Waals surface area contributed by atoms with Crippen LogP contribution in [0.25, 0.3) is 0 Å². The van der Waals surface area contributed by atoms with Gasteiger partial charge in [-0.1, -0.05) is 38.4 Å². The molecular weight excluding hydrogens is 180 g/mol. The van der Waals surface area contributed by atoms with Gasteiger partial charge in [0.05, 0.1) is 0 Å². The van der Waals surface area contributed by atoms with E-state index in [1.165, 1.54) is 16.7 Å². The molecule has 0 spiro atoms. The molecule has 0 nitrogen and oxygen atoms in total. The molecule has 0 saturated heterocycles. The topological polar surface area (TPSA) is 0 Å². The summed E-state index contributed by atoms with van der Waals surface area (Å²) in [6, 6.07) is 4.07. The lowest BCUT2D eigenvalue weighted by Crippen LogP contribution is -2.14. The van der Waals surface area contributed by atoms with Crippen LogP contribution in [0.4, 0.5) is 0 Å². The van der Waals surface area contributed by atoms with Crippen molar-refractivity contribution in [1.29, 1.82) is 0 Å². The Morgan fingerprint density at radius 3 is 2.00 bits per heavy atom. The summed E-state index contributed by atoms with van der Waals surface area (Å²) in [4.78, 5) is 0. The number of hydrogen-bond donors (Lipinski definition) is 0. The second-order valence-corrected chi connectivity index (χ2v) is 5.02. The third kappa shape index (κ3) is 2.05. The Labute approximate surface area is 85.9 Å². The molecular formula is C12H17Cl. The van der Waals surface area contributed by atoms with Gasteiger partial charge in [0.15, 0.2) is 0 Å². The zero-order valence-electron chi connectivity index (χ0n) is 9.03. The molecule has 1 rings (SSSR count). The van der Waals surface area contributed by atoms with Crippen LogP contribution in [0.3, 0.4) is 0 Å². The van der Waals surface area contributed by atoms with Gasteiger partial charge in [0.2, 0.25) is 0 Å². The monoisotopic (exact) mass is 196 g/mol. The van der Waals surface area contributed by atoms with Crippen molar-refractivity contribution < 1.29 is 0 Å². The number of rotatable bonds is 0. The van der Waals surface area contributed by atoms with Crippen LogP contribution in [-0.2, 0) is 5.41 Å². The summed E-state index contributed by atoms with van der Waals surface area (Å²) in [5.41, 5.74) is 4.04. The third-order valence-corrected chi connectivity index (χ3v) is 2.75. The Morgan fingerprint density at radius 2 is 1.62 bits per heavy atom. The van der Waals surface area contributed by atoms with Gasteiger partial charge in [-0.05, 0) is 42.0 Å². The molecule has 1 aromatic carbocycles. The van der Waals surface area contributed by atoms with Crippen molar-refractivity contribution in [3.8, 4) is 0 Å². The van der Waals surface area contributed by atoms with Crippen LogP contribution in [0.15, 0.2) is 12.1 Å². The van der Waals surface area contributed by atoms with Gasteiger partial charge in [0, 0.05) is 5.02 Å². The first-order chi connectivity index (χ1) is 5.84. The first kappa shape index (κ1) is 10.6. The number of halogens is 1. The standard InChI is InChI=1S/C12H17Cl/c1-8-6-7-10(13)11(9(8)2)12(3,4)5/h6-7H,1-5H3. The maximum atomic E-state index is 6.19. The van der Waals surface area contributed by atoms with E-state index < -0.39 is 0 Å². The average molecular weight is 197 g/mol. The van der Waals surface area contributed by atoms with Crippen molar-refractivity contribution in [1.82, 2.24) is 0 Å². The molecule has 0 aromatic heterocycles. The lowest BCUT2D eigenvalue weighted by atomic mass is 9.83. The van der Waals surface area contributed by atoms with Crippen LogP contribution in [0, 0.1) is 13.8 Å². The van der Waals surface area contributed by atoms with E-state index in [2.05, 4.69) is 40.7 Å². The Kier molecular flexibility index (Phi) is 2.72. The Hall–Kier alpha value is -0.490. The molecule has 0 amide bonds. The van der Waals surface area contributed by atoms with Crippen molar-refractivity contribution in [3.63, 3.8) is 0 Å². The SMILES string of the molecule is Cc1ccc(Cl)c(C(C)(C)C)c1C. The first-order valence-corrected chi connectivity index (χ1v) is 4.98. The molecule has 0 N–H and O–H groups in total. The minimum Gasteiger partial charge on any atom is -0.0840 e. The summed E-state index contributed by atoms with van der Waals surface area (Å²) in [6.07, 6.45) is 0. The van der Waals surface area contributed by atoms with Gasteiger partial charge in [-0.2, -0.15) is 0 Å². The zero-order valence-corrected chi connectivity index (χ0v) is 9.79. The third-order valence-electron chi connectivity index (χ3n) is 2.43. The highest BCUT2D eigenvalue weighted by atomic mass is 35.5. The van der Waals surface area contributed by atoms with Gasteiger partial charge in [0.1, 0.15) is 0 Å². The summed E-state index contributed by atoms with van der Waals surface area (Å²) >= 11 is 6.19.